The third kappa shape index (κ3) is 3.23. The van der Waals surface area contributed by atoms with Crippen molar-refractivity contribution in [2.24, 2.45) is 10.7 Å². The zero-order valence-electron chi connectivity index (χ0n) is 14.2. The van der Waals surface area contributed by atoms with E-state index in [1.165, 1.54) is 11.2 Å². The first kappa shape index (κ1) is 16.7. The Bertz CT molecular complexity index is 873. The van der Waals surface area contributed by atoms with Gasteiger partial charge in [0.1, 0.15) is 6.26 Å². The van der Waals surface area contributed by atoms with Crippen molar-refractivity contribution < 1.29 is 14.0 Å². The molecule has 25 heavy (non-hydrogen) atoms. The summed E-state index contributed by atoms with van der Waals surface area (Å²) in [6.45, 7) is 3.50. The van der Waals surface area contributed by atoms with Crippen molar-refractivity contribution in [2.75, 3.05) is 12.4 Å². The van der Waals surface area contributed by atoms with E-state index in [4.69, 9.17) is 10.2 Å². The quantitative estimate of drug-likeness (QED) is 0.880. The van der Waals surface area contributed by atoms with E-state index in [2.05, 4.69) is 15.3 Å². The van der Waals surface area contributed by atoms with Gasteiger partial charge >= 0.3 is 0 Å². The van der Waals surface area contributed by atoms with Crippen LogP contribution in [-0.4, -0.2) is 34.7 Å². The highest BCUT2D eigenvalue weighted by molar-refractivity contribution is 6.02. The van der Waals surface area contributed by atoms with Gasteiger partial charge in [-0.25, -0.2) is 9.98 Å². The van der Waals surface area contributed by atoms with E-state index in [0.29, 0.717) is 11.6 Å². The van der Waals surface area contributed by atoms with Gasteiger partial charge in [0, 0.05) is 19.7 Å². The SMILES string of the molecule is Cc1nc(C(=O)Nc2cccc(C3(C)CC(=O)N(C)C(N)=N3)c2)co1. The number of amides is 2. The monoisotopic (exact) mass is 341 g/mol. The third-order valence-electron chi connectivity index (χ3n) is 4.17. The Balaban J connectivity index is 1.87. The maximum Gasteiger partial charge on any atom is 0.277 e. The molecule has 2 amide bonds. The molecule has 0 saturated heterocycles. The van der Waals surface area contributed by atoms with E-state index in [0.717, 1.165) is 5.56 Å². The van der Waals surface area contributed by atoms with Gasteiger partial charge in [-0.2, -0.15) is 0 Å². The number of hydrogen-bond donors (Lipinski definition) is 2. The average molecular weight is 341 g/mol. The molecule has 2 heterocycles. The first-order chi connectivity index (χ1) is 11.8. The number of aryl methyl sites for hydroxylation is 1. The molecule has 130 valence electrons. The first-order valence-electron chi connectivity index (χ1n) is 7.74. The number of rotatable bonds is 3. The molecule has 1 unspecified atom stereocenters. The van der Waals surface area contributed by atoms with Gasteiger partial charge in [-0.15, -0.1) is 0 Å². The molecule has 0 aliphatic carbocycles. The molecular formula is C17H19N5O3. The second-order valence-corrected chi connectivity index (χ2v) is 6.16. The van der Waals surface area contributed by atoms with Crippen molar-refractivity contribution in [1.29, 1.82) is 0 Å². The van der Waals surface area contributed by atoms with Crippen LogP contribution in [0.25, 0.3) is 0 Å². The summed E-state index contributed by atoms with van der Waals surface area (Å²) in [4.78, 5) is 34.1. The molecule has 0 fully saturated rings. The van der Waals surface area contributed by atoms with Gasteiger partial charge in [-0.05, 0) is 24.6 Å². The molecule has 1 aromatic heterocycles. The Morgan fingerprint density at radius 1 is 1.44 bits per heavy atom. The summed E-state index contributed by atoms with van der Waals surface area (Å²) < 4.78 is 5.05. The third-order valence-corrected chi connectivity index (χ3v) is 4.17. The van der Waals surface area contributed by atoms with Gasteiger partial charge < -0.3 is 15.5 Å². The van der Waals surface area contributed by atoms with Crippen LogP contribution in [-0.2, 0) is 10.3 Å². The standard InChI is InChI=1S/C17H19N5O3/c1-10-19-13(9-25-10)15(24)20-12-6-4-5-11(7-12)17(2)8-14(23)22(3)16(18)21-17/h4-7,9H,8H2,1-3H3,(H2,18,21)(H,20,24). The molecule has 1 aliphatic heterocycles. The highest BCUT2D eigenvalue weighted by atomic mass is 16.3. The Kier molecular flexibility index (Phi) is 4.03. The average Bonchev–Trinajstić information content (AvgIpc) is 2.99. The minimum absolute atomic E-state index is 0.109. The molecule has 0 radical (unpaired) electrons. The minimum atomic E-state index is -0.779. The van der Waals surface area contributed by atoms with Crippen LogP contribution in [0.2, 0.25) is 0 Å². The van der Waals surface area contributed by atoms with E-state index in [1.807, 2.05) is 13.0 Å². The molecule has 0 bridgehead atoms. The second kappa shape index (κ2) is 6.04. The van der Waals surface area contributed by atoms with Crippen LogP contribution in [0, 0.1) is 6.92 Å². The van der Waals surface area contributed by atoms with E-state index >= 15 is 0 Å². The number of oxazole rings is 1. The van der Waals surface area contributed by atoms with Crippen LogP contribution in [0.1, 0.15) is 35.3 Å². The van der Waals surface area contributed by atoms with Crippen LogP contribution in [0.15, 0.2) is 39.9 Å². The number of benzene rings is 1. The van der Waals surface area contributed by atoms with Gasteiger partial charge in [0.25, 0.3) is 5.91 Å². The van der Waals surface area contributed by atoms with E-state index in [1.54, 1.807) is 32.2 Å². The number of anilines is 1. The van der Waals surface area contributed by atoms with Crippen molar-refractivity contribution in [3.05, 3.63) is 47.7 Å². The Hall–Kier alpha value is -3.16. The molecule has 2 aromatic rings. The second-order valence-electron chi connectivity index (χ2n) is 6.16. The summed E-state index contributed by atoms with van der Waals surface area (Å²) in [5.41, 5.74) is 6.62. The zero-order valence-corrected chi connectivity index (χ0v) is 14.2. The fourth-order valence-corrected chi connectivity index (χ4v) is 2.67. The highest BCUT2D eigenvalue weighted by Gasteiger charge is 2.36. The number of carbonyl (C=O) groups is 2. The van der Waals surface area contributed by atoms with Crippen molar-refractivity contribution >= 4 is 23.5 Å². The highest BCUT2D eigenvalue weighted by Crippen LogP contribution is 2.34. The topological polar surface area (TPSA) is 114 Å². The molecule has 1 aliphatic rings. The lowest BCUT2D eigenvalue weighted by molar-refractivity contribution is -0.128. The fourth-order valence-electron chi connectivity index (χ4n) is 2.67. The van der Waals surface area contributed by atoms with Gasteiger partial charge in [0.2, 0.25) is 5.91 Å². The predicted octanol–water partition coefficient (Wildman–Crippen LogP) is 1.63. The zero-order chi connectivity index (χ0) is 18.2. The number of guanidine groups is 1. The lowest BCUT2D eigenvalue weighted by atomic mass is 9.87. The fraction of sp³-hybridized carbons (Fsp3) is 0.294. The number of hydrogen-bond acceptors (Lipinski definition) is 6. The van der Waals surface area contributed by atoms with Crippen molar-refractivity contribution in [3.8, 4) is 0 Å². The first-order valence-corrected chi connectivity index (χ1v) is 7.74. The molecule has 8 nitrogen and oxygen atoms in total. The van der Waals surface area contributed by atoms with Gasteiger partial charge in [0.15, 0.2) is 17.5 Å². The van der Waals surface area contributed by atoms with Gasteiger partial charge in [-0.3, -0.25) is 14.5 Å². The van der Waals surface area contributed by atoms with Gasteiger partial charge in [-0.1, -0.05) is 12.1 Å². The molecular weight excluding hydrogens is 322 g/mol. The molecule has 0 spiro atoms. The number of nitrogens with two attached hydrogens (primary N) is 1. The molecule has 1 aromatic carbocycles. The van der Waals surface area contributed by atoms with Crippen molar-refractivity contribution in [3.63, 3.8) is 0 Å². The molecule has 0 saturated carbocycles. The Morgan fingerprint density at radius 2 is 2.20 bits per heavy atom. The number of nitrogens with one attached hydrogen (secondary N) is 1. The van der Waals surface area contributed by atoms with Crippen LogP contribution >= 0.6 is 0 Å². The summed E-state index contributed by atoms with van der Waals surface area (Å²) >= 11 is 0. The van der Waals surface area contributed by atoms with Gasteiger partial charge in [0.05, 0.1) is 12.0 Å². The summed E-state index contributed by atoms with van der Waals surface area (Å²) in [5.74, 6) is 0.108. The summed E-state index contributed by atoms with van der Waals surface area (Å²) in [6.07, 6.45) is 1.50. The summed E-state index contributed by atoms with van der Waals surface area (Å²) in [6, 6.07) is 7.17. The molecule has 3 rings (SSSR count). The van der Waals surface area contributed by atoms with Crippen molar-refractivity contribution in [1.82, 2.24) is 9.88 Å². The number of aliphatic imine (C=N–C) groups is 1. The minimum Gasteiger partial charge on any atom is -0.448 e. The number of nitrogens with zero attached hydrogens (tertiary/aromatic N) is 3. The normalized spacial score (nSPS) is 20.4. The predicted molar refractivity (Wildman–Crippen MR) is 92.0 cm³/mol. The Labute approximate surface area is 144 Å². The maximum absolute atomic E-state index is 12.2. The van der Waals surface area contributed by atoms with E-state index < -0.39 is 5.54 Å². The number of carbonyl (C=O) groups excluding carboxylic acids is 2. The maximum atomic E-state index is 12.2. The van der Waals surface area contributed by atoms with Crippen molar-refractivity contribution in [2.45, 2.75) is 25.8 Å². The van der Waals surface area contributed by atoms with Crippen LogP contribution in [0.5, 0.6) is 0 Å². The molecule has 3 N–H and O–H groups in total. The molecule has 8 heteroatoms. The smallest absolute Gasteiger partial charge is 0.277 e. The number of aromatic nitrogens is 1. The largest absolute Gasteiger partial charge is 0.448 e. The lowest BCUT2D eigenvalue weighted by Gasteiger charge is -2.33. The van der Waals surface area contributed by atoms with Crippen LogP contribution in [0.4, 0.5) is 5.69 Å². The van der Waals surface area contributed by atoms with E-state index in [-0.39, 0.29) is 29.9 Å². The lowest BCUT2D eigenvalue weighted by Crippen LogP contribution is -2.47. The summed E-state index contributed by atoms with van der Waals surface area (Å²) in [7, 11) is 1.59. The van der Waals surface area contributed by atoms with Crippen LogP contribution < -0.4 is 11.1 Å². The molecule has 1 atom stereocenters. The Morgan fingerprint density at radius 3 is 2.84 bits per heavy atom. The summed E-state index contributed by atoms with van der Waals surface area (Å²) in [5, 5.41) is 2.76. The van der Waals surface area contributed by atoms with E-state index in [9.17, 15) is 9.59 Å². The van der Waals surface area contributed by atoms with Crippen LogP contribution in [0.3, 0.4) is 0 Å².